The summed E-state index contributed by atoms with van der Waals surface area (Å²) < 4.78 is 30.0. The minimum Gasteiger partial charge on any atom is -0.412 e. The first-order valence-electron chi connectivity index (χ1n) is 14.6. The maximum absolute atomic E-state index is 14.1. The lowest BCUT2D eigenvalue weighted by atomic mass is 9.87. The van der Waals surface area contributed by atoms with Crippen LogP contribution >= 0.6 is 24.0 Å². The molecule has 1 aliphatic heterocycles. The molecule has 2 rings (SSSR count). The van der Waals surface area contributed by atoms with Crippen LogP contribution in [-0.2, 0) is 34.6 Å². The molecule has 1 fully saturated rings. The number of hydrogen-bond acceptors (Lipinski definition) is 8. The quantitative estimate of drug-likeness (QED) is 0.0701. The van der Waals surface area contributed by atoms with Crippen molar-refractivity contribution < 1.29 is 28.2 Å². The van der Waals surface area contributed by atoms with Gasteiger partial charge in [-0.25, -0.2) is 0 Å². The van der Waals surface area contributed by atoms with Gasteiger partial charge in [0.2, 0.25) is 5.91 Å². The number of carbonyl (C=O) groups is 1. The van der Waals surface area contributed by atoms with Crippen LogP contribution in [0.15, 0.2) is 30.3 Å². The first kappa shape index (κ1) is 35.3. The number of benzene rings is 1. The lowest BCUT2D eigenvalue weighted by molar-refractivity contribution is -0.148. The molecule has 7 nitrogen and oxygen atoms in total. The van der Waals surface area contributed by atoms with Gasteiger partial charge >= 0.3 is 0 Å². The molecular weight excluding hydrogens is 563 g/mol. The van der Waals surface area contributed by atoms with Crippen LogP contribution < -0.4 is 0 Å². The Bertz CT molecular complexity index is 882. The molecule has 0 aliphatic carbocycles. The van der Waals surface area contributed by atoms with E-state index in [-0.39, 0.29) is 31.6 Å². The highest BCUT2D eigenvalue weighted by molar-refractivity contribution is 8.23. The second-order valence-corrected chi connectivity index (χ2v) is 17.3. The van der Waals surface area contributed by atoms with Crippen LogP contribution in [0.1, 0.15) is 59.4 Å². The van der Waals surface area contributed by atoms with Crippen molar-refractivity contribution >= 4 is 42.5 Å². The molecule has 0 aromatic heterocycles. The molecule has 0 radical (unpaired) electrons. The molecule has 4 atom stereocenters. The molecule has 10 heteroatoms. The molecule has 40 heavy (non-hydrogen) atoms. The largest absolute Gasteiger partial charge is 0.412 e. The molecule has 0 saturated carbocycles. The highest BCUT2D eigenvalue weighted by Crippen LogP contribution is 2.37. The summed E-state index contributed by atoms with van der Waals surface area (Å²) in [6.07, 6.45) is 2.59. The third kappa shape index (κ3) is 10.5. The topological polar surface area (TPSA) is 66.5 Å². The van der Waals surface area contributed by atoms with Crippen molar-refractivity contribution in [1.82, 2.24) is 4.90 Å². The number of rotatable bonds is 20. The van der Waals surface area contributed by atoms with Crippen molar-refractivity contribution in [2.24, 2.45) is 5.92 Å². The van der Waals surface area contributed by atoms with Gasteiger partial charge in [-0.1, -0.05) is 82.0 Å². The van der Waals surface area contributed by atoms with Gasteiger partial charge in [-0.15, -0.1) is 0 Å². The van der Waals surface area contributed by atoms with Crippen LogP contribution in [0.3, 0.4) is 0 Å². The van der Waals surface area contributed by atoms with Crippen molar-refractivity contribution in [2.45, 2.75) is 96.2 Å². The summed E-state index contributed by atoms with van der Waals surface area (Å²) in [6.45, 7) is 11.8. The normalized spacial score (nSPS) is 19.0. The van der Waals surface area contributed by atoms with Crippen LogP contribution in [0.5, 0.6) is 0 Å². The van der Waals surface area contributed by atoms with Gasteiger partial charge < -0.3 is 23.4 Å². The number of amides is 1. The maximum atomic E-state index is 14.1. The fourth-order valence-corrected chi connectivity index (χ4v) is 10.1. The van der Waals surface area contributed by atoms with Crippen LogP contribution in [0.2, 0.25) is 18.1 Å². The van der Waals surface area contributed by atoms with Crippen LogP contribution in [0.4, 0.5) is 0 Å². The number of thioether (sulfide) groups is 1. The molecule has 0 unspecified atom stereocenters. The average molecular weight is 614 g/mol. The van der Waals surface area contributed by atoms with E-state index in [0.717, 1.165) is 43.1 Å². The molecule has 0 spiro atoms. The number of ether oxygens (including phenoxy) is 4. The summed E-state index contributed by atoms with van der Waals surface area (Å²) in [4.78, 5) is 15.9. The Morgan fingerprint density at radius 1 is 1.12 bits per heavy atom. The van der Waals surface area contributed by atoms with E-state index in [1.165, 1.54) is 5.56 Å². The van der Waals surface area contributed by atoms with E-state index >= 15 is 0 Å². The summed E-state index contributed by atoms with van der Waals surface area (Å²) >= 11 is 7.27. The SMILES string of the molecule is CC[Si](CC)(CC)O[C@](C)(CCCOCOC)C[C@@H](OCOC)[C@H](C)C(=O)N1C(=S)SC[C@@H]1Cc1ccccc1. The summed E-state index contributed by atoms with van der Waals surface area (Å²) in [5, 5.41) is 0. The molecule has 0 bridgehead atoms. The highest BCUT2D eigenvalue weighted by Gasteiger charge is 2.43. The van der Waals surface area contributed by atoms with E-state index in [9.17, 15) is 4.79 Å². The zero-order valence-corrected chi connectivity index (χ0v) is 28.2. The number of thiocarbonyl (C=S) groups is 1. The second-order valence-electron chi connectivity index (χ2n) is 10.9. The van der Waals surface area contributed by atoms with Gasteiger partial charge in [-0.05, 0) is 49.9 Å². The Hall–Kier alpha value is -0.853. The van der Waals surface area contributed by atoms with Gasteiger partial charge in [0.1, 0.15) is 17.9 Å². The maximum Gasteiger partial charge on any atom is 0.233 e. The first-order chi connectivity index (χ1) is 19.2. The molecule has 0 N–H and O–H groups in total. The van der Waals surface area contributed by atoms with Crippen molar-refractivity contribution in [3.05, 3.63) is 35.9 Å². The zero-order valence-electron chi connectivity index (χ0n) is 25.6. The van der Waals surface area contributed by atoms with E-state index < -0.39 is 19.8 Å². The monoisotopic (exact) mass is 613 g/mol. The highest BCUT2D eigenvalue weighted by atomic mass is 32.2. The Morgan fingerprint density at radius 2 is 1.77 bits per heavy atom. The molecule has 1 heterocycles. The predicted molar refractivity (Wildman–Crippen MR) is 170 cm³/mol. The fourth-order valence-electron chi connectivity index (χ4n) is 5.48. The van der Waals surface area contributed by atoms with Gasteiger partial charge in [0.05, 0.1) is 23.7 Å². The molecular formula is C30H51NO6S2Si. The summed E-state index contributed by atoms with van der Waals surface area (Å²) in [7, 11) is 1.28. The summed E-state index contributed by atoms with van der Waals surface area (Å²) in [5.74, 6) is 0.391. The fraction of sp³-hybridized carbons (Fsp3) is 0.733. The standard InChI is InChI=1S/C30H51NO6S2Si/c1-8-40(9-2,10-3)37-30(5,17-14-18-35-22-33-6)20-27(36-23-34-7)24(4)28(32)31-26(21-39-29(31)38)19-25-15-12-11-13-16-25/h11-13,15-16,24,26-27H,8-10,14,17-23H2,1-7H3/t24-,26-,27+,30+/m0/s1. The third-order valence-corrected chi connectivity index (χ3v) is 14.4. The van der Waals surface area contributed by atoms with Crippen molar-refractivity contribution in [3.8, 4) is 0 Å². The second kappa shape index (κ2) is 18.0. The first-order valence-corrected chi connectivity index (χ1v) is 18.5. The van der Waals surface area contributed by atoms with Crippen molar-refractivity contribution in [2.75, 3.05) is 40.2 Å². The third-order valence-electron chi connectivity index (χ3n) is 8.08. The Morgan fingerprint density at radius 3 is 2.38 bits per heavy atom. The van der Waals surface area contributed by atoms with Crippen molar-refractivity contribution in [1.29, 1.82) is 0 Å². The Balaban J connectivity index is 2.28. The van der Waals surface area contributed by atoms with Gasteiger partial charge in [0, 0.05) is 33.0 Å². The van der Waals surface area contributed by atoms with Gasteiger partial charge in [0.25, 0.3) is 0 Å². The van der Waals surface area contributed by atoms with E-state index in [1.54, 1.807) is 26.0 Å². The van der Waals surface area contributed by atoms with Crippen LogP contribution in [0.25, 0.3) is 0 Å². The number of carbonyl (C=O) groups excluding carboxylic acids is 1. The van der Waals surface area contributed by atoms with Gasteiger partial charge in [0.15, 0.2) is 8.32 Å². The average Bonchev–Trinajstić information content (AvgIpc) is 3.33. The smallest absolute Gasteiger partial charge is 0.233 e. The molecule has 228 valence electrons. The number of hydrogen-bond donors (Lipinski definition) is 0. The van der Waals surface area contributed by atoms with E-state index in [4.69, 9.17) is 35.6 Å². The van der Waals surface area contributed by atoms with E-state index in [2.05, 4.69) is 39.8 Å². The van der Waals surface area contributed by atoms with Crippen LogP contribution in [0, 0.1) is 5.92 Å². The minimum absolute atomic E-state index is 0.00722. The van der Waals surface area contributed by atoms with Crippen LogP contribution in [-0.4, -0.2) is 81.4 Å². The van der Waals surface area contributed by atoms with E-state index in [0.29, 0.717) is 17.3 Å². The lowest BCUT2D eigenvalue weighted by Crippen LogP contribution is -2.51. The lowest BCUT2D eigenvalue weighted by Gasteiger charge is -2.43. The molecule has 1 amide bonds. The van der Waals surface area contributed by atoms with Gasteiger partial charge in [-0.3, -0.25) is 9.69 Å². The molecule has 1 aliphatic rings. The number of methoxy groups -OCH3 is 2. The van der Waals surface area contributed by atoms with Gasteiger partial charge in [-0.2, -0.15) is 0 Å². The zero-order chi connectivity index (χ0) is 29.6. The molecule has 1 aromatic carbocycles. The summed E-state index contributed by atoms with van der Waals surface area (Å²) in [6, 6.07) is 13.5. The Kier molecular flexibility index (Phi) is 15.9. The Labute approximate surface area is 253 Å². The predicted octanol–water partition coefficient (Wildman–Crippen LogP) is 6.65. The van der Waals surface area contributed by atoms with Crippen molar-refractivity contribution in [3.63, 3.8) is 0 Å². The minimum atomic E-state index is -1.95. The van der Waals surface area contributed by atoms with E-state index in [1.807, 2.05) is 30.0 Å². The molecule has 1 saturated heterocycles. The molecule has 1 aromatic rings. The summed E-state index contributed by atoms with van der Waals surface area (Å²) in [5.41, 5.74) is 0.730. The number of nitrogens with zero attached hydrogens (tertiary/aromatic N) is 1.